The Bertz CT molecular complexity index is 381. The Morgan fingerprint density at radius 3 is 2.69 bits per heavy atom. The van der Waals surface area contributed by atoms with Crippen LogP contribution in [0.3, 0.4) is 0 Å². The highest BCUT2D eigenvalue weighted by molar-refractivity contribution is 5.24. The molecule has 0 aliphatic carbocycles. The SMILES string of the molecule is C#CCCCC(O)(CC)c1ccccc1F. The molecule has 1 aromatic carbocycles. The second-order valence-corrected chi connectivity index (χ2v) is 3.92. The van der Waals surface area contributed by atoms with Crippen molar-refractivity contribution in [1.82, 2.24) is 0 Å². The van der Waals surface area contributed by atoms with Gasteiger partial charge in [-0.1, -0.05) is 25.1 Å². The van der Waals surface area contributed by atoms with Gasteiger partial charge in [0.2, 0.25) is 0 Å². The number of unbranched alkanes of at least 4 members (excludes halogenated alkanes) is 1. The molecule has 0 fully saturated rings. The van der Waals surface area contributed by atoms with Gasteiger partial charge in [0.05, 0.1) is 5.60 Å². The first kappa shape index (κ1) is 12.7. The molecular formula is C14H17FO. The number of rotatable bonds is 5. The van der Waals surface area contributed by atoms with Crippen molar-refractivity contribution < 1.29 is 9.50 Å². The van der Waals surface area contributed by atoms with Gasteiger partial charge in [-0.3, -0.25) is 0 Å². The number of aliphatic hydroxyl groups is 1. The van der Waals surface area contributed by atoms with E-state index < -0.39 is 5.60 Å². The average Bonchev–Trinajstić information content (AvgIpc) is 2.30. The molecular weight excluding hydrogens is 203 g/mol. The van der Waals surface area contributed by atoms with Crippen molar-refractivity contribution in [2.75, 3.05) is 0 Å². The smallest absolute Gasteiger partial charge is 0.129 e. The van der Waals surface area contributed by atoms with Gasteiger partial charge in [0.1, 0.15) is 5.82 Å². The van der Waals surface area contributed by atoms with Gasteiger partial charge in [-0.05, 0) is 25.3 Å². The van der Waals surface area contributed by atoms with E-state index in [1.54, 1.807) is 18.2 Å². The minimum absolute atomic E-state index is 0.354. The first-order chi connectivity index (χ1) is 7.64. The predicted molar refractivity (Wildman–Crippen MR) is 63.3 cm³/mol. The summed E-state index contributed by atoms with van der Waals surface area (Å²) in [5, 5.41) is 10.4. The Morgan fingerprint density at radius 2 is 2.12 bits per heavy atom. The minimum atomic E-state index is -1.10. The molecule has 0 radical (unpaired) electrons. The van der Waals surface area contributed by atoms with Gasteiger partial charge in [0.25, 0.3) is 0 Å². The van der Waals surface area contributed by atoms with Crippen LogP contribution in [0.4, 0.5) is 4.39 Å². The Labute approximate surface area is 96.3 Å². The summed E-state index contributed by atoms with van der Waals surface area (Å²) >= 11 is 0. The van der Waals surface area contributed by atoms with E-state index in [9.17, 15) is 9.50 Å². The molecule has 0 aliphatic heterocycles. The summed E-state index contributed by atoms with van der Waals surface area (Å²) in [6.07, 6.45) is 7.45. The molecule has 16 heavy (non-hydrogen) atoms. The molecule has 1 unspecified atom stereocenters. The molecule has 1 rings (SSSR count). The maximum absolute atomic E-state index is 13.6. The molecule has 0 bridgehead atoms. The quantitative estimate of drug-likeness (QED) is 0.596. The number of terminal acetylenes is 1. The summed E-state index contributed by atoms with van der Waals surface area (Å²) in [5.74, 6) is 2.17. The van der Waals surface area contributed by atoms with Crippen molar-refractivity contribution >= 4 is 0 Å². The molecule has 0 spiro atoms. The molecule has 1 N–H and O–H groups in total. The van der Waals surface area contributed by atoms with Crippen molar-refractivity contribution in [2.24, 2.45) is 0 Å². The van der Waals surface area contributed by atoms with E-state index in [1.807, 2.05) is 6.92 Å². The summed E-state index contributed by atoms with van der Waals surface area (Å²) < 4.78 is 13.6. The zero-order chi connectivity index (χ0) is 12.0. The van der Waals surface area contributed by atoms with E-state index in [2.05, 4.69) is 5.92 Å². The Balaban J connectivity index is 2.88. The minimum Gasteiger partial charge on any atom is -0.385 e. The molecule has 1 aromatic rings. The molecule has 0 aromatic heterocycles. The van der Waals surface area contributed by atoms with Crippen LogP contribution < -0.4 is 0 Å². The van der Waals surface area contributed by atoms with Crippen LogP contribution in [0.25, 0.3) is 0 Å². The first-order valence-electron chi connectivity index (χ1n) is 5.55. The molecule has 0 saturated carbocycles. The third kappa shape index (κ3) is 2.84. The van der Waals surface area contributed by atoms with Gasteiger partial charge in [0, 0.05) is 12.0 Å². The van der Waals surface area contributed by atoms with Crippen LogP contribution in [0.1, 0.15) is 38.2 Å². The van der Waals surface area contributed by atoms with E-state index >= 15 is 0 Å². The maximum atomic E-state index is 13.6. The highest BCUT2D eigenvalue weighted by atomic mass is 19.1. The normalized spacial score (nSPS) is 14.1. The number of hydrogen-bond acceptors (Lipinski definition) is 1. The van der Waals surface area contributed by atoms with E-state index in [-0.39, 0.29) is 5.82 Å². The fourth-order valence-electron chi connectivity index (χ4n) is 1.82. The largest absolute Gasteiger partial charge is 0.385 e. The van der Waals surface area contributed by atoms with Crippen LogP contribution in [0.5, 0.6) is 0 Å². The first-order valence-corrected chi connectivity index (χ1v) is 5.55. The Kier molecular flexibility index (Phi) is 4.52. The summed E-state index contributed by atoms with van der Waals surface area (Å²) in [6, 6.07) is 6.36. The van der Waals surface area contributed by atoms with Gasteiger partial charge in [-0.15, -0.1) is 12.3 Å². The van der Waals surface area contributed by atoms with Crippen LogP contribution in [-0.4, -0.2) is 5.11 Å². The molecule has 0 aliphatic rings. The number of hydrogen-bond donors (Lipinski definition) is 1. The third-order valence-corrected chi connectivity index (χ3v) is 2.87. The van der Waals surface area contributed by atoms with Crippen molar-refractivity contribution in [2.45, 2.75) is 38.2 Å². The fraction of sp³-hybridized carbons (Fsp3) is 0.429. The van der Waals surface area contributed by atoms with E-state index in [1.165, 1.54) is 6.07 Å². The molecule has 0 heterocycles. The predicted octanol–water partition coefficient (Wildman–Crippen LogP) is 3.23. The lowest BCUT2D eigenvalue weighted by Gasteiger charge is -2.27. The summed E-state index contributed by atoms with van der Waals surface area (Å²) in [6.45, 7) is 1.85. The molecule has 86 valence electrons. The van der Waals surface area contributed by atoms with Crippen LogP contribution in [0.2, 0.25) is 0 Å². The van der Waals surface area contributed by atoms with Crippen molar-refractivity contribution in [1.29, 1.82) is 0 Å². The standard InChI is InChI=1S/C14H17FO/c1-3-5-8-11-14(16,4-2)12-9-6-7-10-13(12)15/h1,6-7,9-10,16H,4-5,8,11H2,2H3. The fourth-order valence-corrected chi connectivity index (χ4v) is 1.82. The third-order valence-electron chi connectivity index (χ3n) is 2.87. The highest BCUT2D eigenvalue weighted by Crippen LogP contribution is 2.32. The molecule has 1 atom stereocenters. The van der Waals surface area contributed by atoms with Crippen LogP contribution >= 0.6 is 0 Å². The number of benzene rings is 1. The van der Waals surface area contributed by atoms with Crippen LogP contribution in [0.15, 0.2) is 24.3 Å². The topological polar surface area (TPSA) is 20.2 Å². The Hall–Kier alpha value is -1.33. The number of halogens is 1. The highest BCUT2D eigenvalue weighted by Gasteiger charge is 2.29. The summed E-state index contributed by atoms with van der Waals surface area (Å²) in [4.78, 5) is 0. The van der Waals surface area contributed by atoms with Crippen LogP contribution in [-0.2, 0) is 5.60 Å². The van der Waals surface area contributed by atoms with Crippen molar-refractivity contribution in [3.8, 4) is 12.3 Å². The van der Waals surface area contributed by atoms with Crippen LogP contribution in [0, 0.1) is 18.2 Å². The molecule has 0 amide bonds. The van der Waals surface area contributed by atoms with Crippen molar-refractivity contribution in [3.05, 3.63) is 35.6 Å². The van der Waals surface area contributed by atoms with Gasteiger partial charge in [-0.25, -0.2) is 4.39 Å². The lowest BCUT2D eigenvalue weighted by molar-refractivity contribution is 0.0183. The zero-order valence-corrected chi connectivity index (χ0v) is 9.54. The summed E-state index contributed by atoms with van der Waals surface area (Å²) in [5.41, 5.74) is -0.725. The summed E-state index contributed by atoms with van der Waals surface area (Å²) in [7, 11) is 0. The van der Waals surface area contributed by atoms with E-state index in [4.69, 9.17) is 6.42 Å². The molecule has 1 nitrogen and oxygen atoms in total. The second-order valence-electron chi connectivity index (χ2n) is 3.92. The van der Waals surface area contributed by atoms with Gasteiger partial charge in [0.15, 0.2) is 0 Å². The van der Waals surface area contributed by atoms with Crippen molar-refractivity contribution in [3.63, 3.8) is 0 Å². The average molecular weight is 220 g/mol. The monoisotopic (exact) mass is 220 g/mol. The maximum Gasteiger partial charge on any atom is 0.129 e. The Morgan fingerprint density at radius 1 is 1.44 bits per heavy atom. The van der Waals surface area contributed by atoms with Gasteiger partial charge < -0.3 is 5.11 Å². The second kappa shape index (κ2) is 5.67. The van der Waals surface area contributed by atoms with E-state index in [0.29, 0.717) is 31.2 Å². The zero-order valence-electron chi connectivity index (χ0n) is 9.54. The van der Waals surface area contributed by atoms with Gasteiger partial charge >= 0.3 is 0 Å². The van der Waals surface area contributed by atoms with Gasteiger partial charge in [-0.2, -0.15) is 0 Å². The lowest BCUT2D eigenvalue weighted by Crippen LogP contribution is -2.26. The molecule has 0 saturated heterocycles. The lowest BCUT2D eigenvalue weighted by atomic mass is 9.86. The molecule has 2 heteroatoms. The van der Waals surface area contributed by atoms with E-state index in [0.717, 1.165) is 0 Å².